The Morgan fingerprint density at radius 1 is 1.20 bits per heavy atom. The van der Waals surface area contributed by atoms with Gasteiger partial charge in [0.15, 0.2) is 11.5 Å². The van der Waals surface area contributed by atoms with Gasteiger partial charge in [-0.1, -0.05) is 23.7 Å². The zero-order valence-corrected chi connectivity index (χ0v) is 11.9. The van der Waals surface area contributed by atoms with Crippen LogP contribution in [0.2, 0.25) is 5.02 Å². The summed E-state index contributed by atoms with van der Waals surface area (Å²) in [6.07, 6.45) is 2.41. The van der Waals surface area contributed by atoms with Crippen LogP contribution in [-0.2, 0) is 6.42 Å². The summed E-state index contributed by atoms with van der Waals surface area (Å²) in [5.41, 5.74) is 1.59. The highest BCUT2D eigenvalue weighted by molar-refractivity contribution is 7.09. The molecule has 0 amide bonds. The molecule has 1 aromatic carbocycles. The Morgan fingerprint density at radius 2 is 2.15 bits per heavy atom. The third kappa shape index (κ3) is 1.87. The first-order chi connectivity index (χ1) is 9.81. The van der Waals surface area contributed by atoms with E-state index in [0.717, 1.165) is 28.8 Å². The van der Waals surface area contributed by atoms with E-state index in [2.05, 4.69) is 26.5 Å². The van der Waals surface area contributed by atoms with Crippen molar-refractivity contribution in [3.63, 3.8) is 0 Å². The molecule has 0 fully saturated rings. The van der Waals surface area contributed by atoms with Crippen molar-refractivity contribution in [1.29, 1.82) is 0 Å². The second-order valence-electron chi connectivity index (χ2n) is 4.43. The van der Waals surface area contributed by atoms with Crippen LogP contribution in [0.1, 0.15) is 10.7 Å². The SMILES string of the molecule is Clc1cccc2ncn3nc(Cc4cccs4)nc3c12. The average molecular weight is 301 g/mol. The van der Waals surface area contributed by atoms with Crippen molar-refractivity contribution in [3.8, 4) is 0 Å². The minimum absolute atomic E-state index is 0.649. The highest BCUT2D eigenvalue weighted by Gasteiger charge is 2.11. The quantitative estimate of drug-likeness (QED) is 0.568. The van der Waals surface area contributed by atoms with Crippen molar-refractivity contribution < 1.29 is 0 Å². The number of halogens is 1. The standard InChI is InChI=1S/C14H9ClN4S/c15-10-4-1-5-11-13(10)14-17-12(18-19(14)8-16-11)7-9-3-2-6-20-9/h1-6,8H,7H2. The summed E-state index contributed by atoms with van der Waals surface area (Å²) in [6.45, 7) is 0. The Labute approximate surface area is 123 Å². The van der Waals surface area contributed by atoms with E-state index in [1.54, 1.807) is 22.2 Å². The summed E-state index contributed by atoms with van der Waals surface area (Å²) in [6, 6.07) is 9.77. The van der Waals surface area contributed by atoms with Crippen LogP contribution in [0.4, 0.5) is 0 Å². The third-order valence-corrected chi connectivity index (χ3v) is 4.30. The number of hydrogen-bond donors (Lipinski definition) is 0. The van der Waals surface area contributed by atoms with Crippen molar-refractivity contribution in [3.05, 3.63) is 57.8 Å². The van der Waals surface area contributed by atoms with Crippen LogP contribution in [0.5, 0.6) is 0 Å². The first-order valence-electron chi connectivity index (χ1n) is 6.12. The molecule has 0 saturated carbocycles. The molecule has 4 rings (SSSR count). The molecule has 6 heteroatoms. The van der Waals surface area contributed by atoms with Crippen LogP contribution < -0.4 is 0 Å². The Balaban J connectivity index is 1.92. The smallest absolute Gasteiger partial charge is 0.168 e. The first-order valence-corrected chi connectivity index (χ1v) is 7.38. The van der Waals surface area contributed by atoms with E-state index in [1.165, 1.54) is 4.88 Å². The Kier molecular flexibility index (Phi) is 2.68. The van der Waals surface area contributed by atoms with Gasteiger partial charge in [-0.05, 0) is 23.6 Å². The lowest BCUT2D eigenvalue weighted by Crippen LogP contribution is -1.92. The normalized spacial score (nSPS) is 11.4. The second kappa shape index (κ2) is 4.54. The fourth-order valence-electron chi connectivity index (χ4n) is 2.22. The van der Waals surface area contributed by atoms with Gasteiger partial charge in [-0.15, -0.1) is 16.4 Å². The van der Waals surface area contributed by atoms with Gasteiger partial charge in [-0.2, -0.15) is 0 Å². The van der Waals surface area contributed by atoms with E-state index >= 15 is 0 Å². The summed E-state index contributed by atoms with van der Waals surface area (Å²) < 4.78 is 1.69. The average Bonchev–Trinajstić information content (AvgIpc) is 3.07. The number of benzene rings is 1. The summed E-state index contributed by atoms with van der Waals surface area (Å²) in [4.78, 5) is 10.2. The highest BCUT2D eigenvalue weighted by atomic mass is 35.5. The summed E-state index contributed by atoms with van der Waals surface area (Å²) in [5, 5.41) is 8.02. The lowest BCUT2D eigenvalue weighted by molar-refractivity contribution is 0.887. The van der Waals surface area contributed by atoms with Crippen LogP contribution in [-0.4, -0.2) is 19.6 Å². The molecule has 0 N–H and O–H groups in total. The molecule has 0 unspecified atom stereocenters. The predicted octanol–water partition coefficient (Wildman–Crippen LogP) is 3.58. The van der Waals surface area contributed by atoms with E-state index in [4.69, 9.17) is 11.6 Å². The number of aromatic nitrogens is 4. The minimum Gasteiger partial charge on any atom is -0.236 e. The summed E-state index contributed by atoms with van der Waals surface area (Å²) in [5.74, 6) is 0.779. The van der Waals surface area contributed by atoms with Crippen molar-refractivity contribution in [2.24, 2.45) is 0 Å². The molecule has 3 heterocycles. The molecular weight excluding hydrogens is 292 g/mol. The molecule has 0 atom stereocenters. The Morgan fingerprint density at radius 3 is 3.00 bits per heavy atom. The lowest BCUT2D eigenvalue weighted by atomic mass is 10.2. The van der Waals surface area contributed by atoms with Crippen molar-refractivity contribution >= 4 is 39.5 Å². The molecule has 4 aromatic rings. The maximum atomic E-state index is 6.27. The molecule has 3 aromatic heterocycles. The van der Waals surface area contributed by atoms with Gasteiger partial charge in [-0.3, -0.25) is 0 Å². The molecule has 0 aliphatic heterocycles. The maximum absolute atomic E-state index is 6.27. The first kappa shape index (κ1) is 11.8. The molecule has 0 saturated heterocycles. The second-order valence-corrected chi connectivity index (χ2v) is 5.87. The van der Waals surface area contributed by atoms with Gasteiger partial charge in [0.05, 0.1) is 15.9 Å². The molecule has 0 aliphatic carbocycles. The zero-order chi connectivity index (χ0) is 13.5. The molecule has 4 nitrogen and oxygen atoms in total. The topological polar surface area (TPSA) is 43.1 Å². The maximum Gasteiger partial charge on any atom is 0.168 e. The number of fused-ring (bicyclic) bond motifs is 3. The summed E-state index contributed by atoms with van der Waals surface area (Å²) in [7, 11) is 0. The fraction of sp³-hybridized carbons (Fsp3) is 0.0714. The molecule has 98 valence electrons. The molecule has 0 bridgehead atoms. The Bertz CT molecular complexity index is 898. The zero-order valence-electron chi connectivity index (χ0n) is 10.3. The van der Waals surface area contributed by atoms with Crippen LogP contribution in [0.3, 0.4) is 0 Å². The van der Waals surface area contributed by atoms with Crippen molar-refractivity contribution in [2.45, 2.75) is 6.42 Å². The Hall–Kier alpha value is -1.98. The van der Waals surface area contributed by atoms with Gasteiger partial charge in [0, 0.05) is 11.3 Å². The fourth-order valence-corrected chi connectivity index (χ4v) is 3.18. The van der Waals surface area contributed by atoms with E-state index in [0.29, 0.717) is 5.02 Å². The van der Waals surface area contributed by atoms with Crippen LogP contribution in [0, 0.1) is 0 Å². The number of rotatable bonds is 2. The predicted molar refractivity (Wildman–Crippen MR) is 80.4 cm³/mol. The summed E-state index contributed by atoms with van der Waals surface area (Å²) >= 11 is 7.97. The van der Waals surface area contributed by atoms with Gasteiger partial charge < -0.3 is 0 Å². The monoisotopic (exact) mass is 300 g/mol. The highest BCUT2D eigenvalue weighted by Crippen LogP contribution is 2.25. The van der Waals surface area contributed by atoms with Gasteiger partial charge in [0.25, 0.3) is 0 Å². The van der Waals surface area contributed by atoms with Crippen molar-refractivity contribution in [1.82, 2.24) is 19.6 Å². The lowest BCUT2D eigenvalue weighted by Gasteiger charge is -1.99. The van der Waals surface area contributed by atoms with Crippen LogP contribution in [0.25, 0.3) is 16.6 Å². The van der Waals surface area contributed by atoms with Gasteiger partial charge in [0.2, 0.25) is 0 Å². The molecule has 0 radical (unpaired) electrons. The molecule has 0 aliphatic rings. The van der Waals surface area contributed by atoms with Gasteiger partial charge >= 0.3 is 0 Å². The van der Waals surface area contributed by atoms with Gasteiger partial charge in [0.1, 0.15) is 6.33 Å². The van der Waals surface area contributed by atoms with E-state index in [-0.39, 0.29) is 0 Å². The molecule has 20 heavy (non-hydrogen) atoms. The van der Waals surface area contributed by atoms with Gasteiger partial charge in [-0.25, -0.2) is 14.5 Å². The van der Waals surface area contributed by atoms with Crippen molar-refractivity contribution in [2.75, 3.05) is 0 Å². The van der Waals surface area contributed by atoms with E-state index in [1.807, 2.05) is 24.3 Å². The minimum atomic E-state index is 0.649. The molecule has 0 spiro atoms. The van der Waals surface area contributed by atoms with Crippen LogP contribution >= 0.6 is 22.9 Å². The largest absolute Gasteiger partial charge is 0.236 e. The number of thiophene rings is 1. The number of nitrogens with zero attached hydrogens (tertiary/aromatic N) is 4. The molecular formula is C14H9ClN4S. The van der Waals surface area contributed by atoms with Crippen LogP contribution in [0.15, 0.2) is 42.0 Å². The third-order valence-electron chi connectivity index (χ3n) is 3.11. The number of hydrogen-bond acceptors (Lipinski definition) is 4. The van der Waals surface area contributed by atoms with E-state index in [9.17, 15) is 0 Å². The van der Waals surface area contributed by atoms with E-state index < -0.39 is 0 Å².